The molecule has 0 aliphatic rings. The normalized spacial score (nSPS) is 10.9. The maximum Gasteiger partial charge on any atom is 0.416 e. The Morgan fingerprint density at radius 1 is 0.853 bits per heavy atom. The van der Waals surface area contributed by atoms with Crippen molar-refractivity contribution in [1.82, 2.24) is 10.6 Å². The zero-order valence-electron chi connectivity index (χ0n) is 18.8. The Morgan fingerprint density at radius 2 is 1.44 bits per heavy atom. The topological polar surface area (TPSA) is 114 Å². The molecule has 0 heterocycles. The van der Waals surface area contributed by atoms with E-state index in [4.69, 9.17) is 4.74 Å². The molecule has 0 aliphatic carbocycles. The van der Waals surface area contributed by atoms with E-state index in [9.17, 15) is 32.3 Å². The number of carbonyl (C=O) groups is 4. The number of hydrogen-bond donors (Lipinski definition) is 3. The standard InChI is InChI=1S/C23H24F3N3O5/c1-13-8-14(2)21(15(3)9-13)29-18(30)10-27-19(31)12-34-20(32)11-28-22(33)16-4-6-17(7-5-16)23(24,25)26/h4-9H,10-12H2,1-3H3,(H,27,31)(H,28,33)(H,29,30). The van der Waals surface area contributed by atoms with E-state index >= 15 is 0 Å². The third-order valence-electron chi connectivity index (χ3n) is 4.62. The van der Waals surface area contributed by atoms with Gasteiger partial charge in [-0.25, -0.2) is 0 Å². The van der Waals surface area contributed by atoms with E-state index in [-0.39, 0.29) is 12.1 Å². The van der Waals surface area contributed by atoms with Gasteiger partial charge in [0.25, 0.3) is 11.8 Å². The SMILES string of the molecule is Cc1cc(C)c(NC(=O)CNC(=O)COC(=O)CNC(=O)c2ccc(C(F)(F)F)cc2)c(C)c1. The van der Waals surface area contributed by atoms with Crippen LogP contribution in [-0.2, 0) is 25.3 Å². The molecule has 34 heavy (non-hydrogen) atoms. The number of amides is 3. The van der Waals surface area contributed by atoms with E-state index in [2.05, 4.69) is 16.0 Å². The lowest BCUT2D eigenvalue weighted by Crippen LogP contribution is -2.37. The molecule has 2 aromatic rings. The molecule has 2 aromatic carbocycles. The molecule has 0 aromatic heterocycles. The molecule has 2 rings (SSSR count). The van der Waals surface area contributed by atoms with Gasteiger partial charge in [0, 0.05) is 11.3 Å². The van der Waals surface area contributed by atoms with Crippen LogP contribution in [0.2, 0.25) is 0 Å². The summed E-state index contributed by atoms with van der Waals surface area (Å²) in [5.41, 5.74) is 2.48. The molecule has 0 saturated carbocycles. The summed E-state index contributed by atoms with van der Waals surface area (Å²) in [7, 11) is 0. The summed E-state index contributed by atoms with van der Waals surface area (Å²) in [5.74, 6) is -2.91. The van der Waals surface area contributed by atoms with Crippen LogP contribution >= 0.6 is 0 Å². The van der Waals surface area contributed by atoms with Gasteiger partial charge < -0.3 is 20.7 Å². The predicted octanol–water partition coefficient (Wildman–Crippen LogP) is 2.66. The first-order valence-electron chi connectivity index (χ1n) is 10.1. The van der Waals surface area contributed by atoms with Gasteiger partial charge in [0.15, 0.2) is 6.61 Å². The highest BCUT2D eigenvalue weighted by molar-refractivity contribution is 5.97. The highest BCUT2D eigenvalue weighted by atomic mass is 19.4. The molecular formula is C23H24F3N3O5. The van der Waals surface area contributed by atoms with Gasteiger partial charge in [-0.3, -0.25) is 19.2 Å². The molecule has 8 nitrogen and oxygen atoms in total. The minimum atomic E-state index is -4.53. The van der Waals surface area contributed by atoms with Gasteiger partial charge >= 0.3 is 12.1 Å². The fraction of sp³-hybridized carbons (Fsp3) is 0.304. The zero-order valence-corrected chi connectivity index (χ0v) is 18.8. The summed E-state index contributed by atoms with van der Waals surface area (Å²) >= 11 is 0. The largest absolute Gasteiger partial charge is 0.454 e. The molecule has 11 heteroatoms. The van der Waals surface area contributed by atoms with Crippen molar-refractivity contribution >= 4 is 29.4 Å². The fourth-order valence-corrected chi connectivity index (χ4v) is 3.05. The molecule has 0 saturated heterocycles. The van der Waals surface area contributed by atoms with Gasteiger partial charge in [0.2, 0.25) is 5.91 Å². The molecule has 182 valence electrons. The number of hydrogen-bond acceptors (Lipinski definition) is 5. The van der Waals surface area contributed by atoms with Crippen molar-refractivity contribution in [2.45, 2.75) is 26.9 Å². The molecule has 0 unspecified atom stereocenters. The lowest BCUT2D eigenvalue weighted by molar-refractivity contribution is -0.147. The Morgan fingerprint density at radius 3 is 2.00 bits per heavy atom. The first-order valence-corrected chi connectivity index (χ1v) is 10.1. The van der Waals surface area contributed by atoms with E-state index < -0.39 is 48.6 Å². The Bertz CT molecular complexity index is 1060. The predicted molar refractivity (Wildman–Crippen MR) is 117 cm³/mol. The minimum absolute atomic E-state index is 0.0800. The Kier molecular flexibility index (Phi) is 8.76. The number of halogens is 3. The van der Waals surface area contributed by atoms with Crippen LogP contribution in [0.25, 0.3) is 0 Å². The number of carbonyl (C=O) groups excluding carboxylic acids is 4. The van der Waals surface area contributed by atoms with Crippen molar-refractivity contribution in [2.24, 2.45) is 0 Å². The van der Waals surface area contributed by atoms with Crippen molar-refractivity contribution in [1.29, 1.82) is 0 Å². The summed E-state index contributed by atoms with van der Waals surface area (Å²) in [5, 5.41) is 7.21. The average molecular weight is 479 g/mol. The molecule has 0 radical (unpaired) electrons. The van der Waals surface area contributed by atoms with Crippen molar-refractivity contribution in [3.05, 3.63) is 64.2 Å². The third kappa shape index (κ3) is 7.91. The number of esters is 1. The summed E-state index contributed by atoms with van der Waals surface area (Å²) in [6, 6.07) is 7.27. The van der Waals surface area contributed by atoms with Gasteiger partial charge in [0.05, 0.1) is 12.1 Å². The van der Waals surface area contributed by atoms with Crippen molar-refractivity contribution < 1.29 is 37.1 Å². The number of benzene rings is 2. The summed E-state index contributed by atoms with van der Waals surface area (Å²) in [4.78, 5) is 47.5. The fourth-order valence-electron chi connectivity index (χ4n) is 3.05. The minimum Gasteiger partial charge on any atom is -0.454 e. The number of aryl methyl sites for hydroxylation is 3. The molecule has 0 fully saturated rings. The first-order chi connectivity index (χ1) is 15.9. The van der Waals surface area contributed by atoms with Crippen LogP contribution < -0.4 is 16.0 Å². The Balaban J connectivity index is 1.71. The van der Waals surface area contributed by atoms with E-state index in [1.807, 2.05) is 32.9 Å². The van der Waals surface area contributed by atoms with Crippen LogP contribution in [-0.4, -0.2) is 43.4 Å². The van der Waals surface area contributed by atoms with Crippen LogP contribution in [0.5, 0.6) is 0 Å². The molecule has 0 spiro atoms. The van der Waals surface area contributed by atoms with Crippen LogP contribution in [0.3, 0.4) is 0 Å². The number of ether oxygens (including phenoxy) is 1. The lowest BCUT2D eigenvalue weighted by atomic mass is 10.1. The second-order valence-electron chi connectivity index (χ2n) is 7.52. The number of rotatable bonds is 8. The van der Waals surface area contributed by atoms with E-state index in [1.165, 1.54) is 0 Å². The van der Waals surface area contributed by atoms with E-state index in [0.29, 0.717) is 5.69 Å². The second-order valence-corrected chi connectivity index (χ2v) is 7.52. The quantitative estimate of drug-likeness (QED) is 0.504. The third-order valence-corrected chi connectivity index (χ3v) is 4.62. The highest BCUT2D eigenvalue weighted by Crippen LogP contribution is 2.29. The van der Waals surface area contributed by atoms with E-state index in [0.717, 1.165) is 41.0 Å². The Labute approximate surface area is 193 Å². The van der Waals surface area contributed by atoms with Crippen LogP contribution in [0, 0.1) is 20.8 Å². The first kappa shape index (κ1) is 26.4. The maximum absolute atomic E-state index is 12.6. The Hall–Kier alpha value is -3.89. The van der Waals surface area contributed by atoms with Crippen LogP contribution in [0.4, 0.5) is 18.9 Å². The van der Waals surface area contributed by atoms with Crippen molar-refractivity contribution in [2.75, 3.05) is 25.0 Å². The lowest BCUT2D eigenvalue weighted by Gasteiger charge is -2.13. The van der Waals surface area contributed by atoms with Gasteiger partial charge in [-0.2, -0.15) is 13.2 Å². The van der Waals surface area contributed by atoms with Gasteiger partial charge in [0.1, 0.15) is 6.54 Å². The number of alkyl halides is 3. The number of anilines is 1. The number of nitrogens with one attached hydrogen (secondary N) is 3. The smallest absolute Gasteiger partial charge is 0.416 e. The van der Waals surface area contributed by atoms with E-state index in [1.54, 1.807) is 0 Å². The zero-order chi connectivity index (χ0) is 25.5. The molecule has 0 bridgehead atoms. The van der Waals surface area contributed by atoms with Gasteiger partial charge in [-0.1, -0.05) is 17.7 Å². The summed E-state index contributed by atoms with van der Waals surface area (Å²) < 4.78 is 42.4. The molecule has 0 atom stereocenters. The van der Waals surface area contributed by atoms with Crippen molar-refractivity contribution in [3.8, 4) is 0 Å². The highest BCUT2D eigenvalue weighted by Gasteiger charge is 2.30. The second kappa shape index (κ2) is 11.3. The van der Waals surface area contributed by atoms with Crippen molar-refractivity contribution in [3.63, 3.8) is 0 Å². The monoisotopic (exact) mass is 479 g/mol. The summed E-state index contributed by atoms with van der Waals surface area (Å²) in [6.07, 6.45) is -4.53. The molecular weight excluding hydrogens is 455 g/mol. The average Bonchev–Trinajstić information content (AvgIpc) is 2.76. The molecule has 3 N–H and O–H groups in total. The summed E-state index contributed by atoms with van der Waals surface area (Å²) in [6.45, 7) is 4.03. The van der Waals surface area contributed by atoms with Gasteiger partial charge in [-0.05, 0) is 56.2 Å². The molecule has 0 aliphatic heterocycles. The van der Waals surface area contributed by atoms with Gasteiger partial charge in [-0.15, -0.1) is 0 Å². The molecule has 3 amide bonds. The van der Waals surface area contributed by atoms with Crippen LogP contribution in [0.1, 0.15) is 32.6 Å². The maximum atomic E-state index is 12.6. The van der Waals surface area contributed by atoms with Crippen LogP contribution in [0.15, 0.2) is 36.4 Å².